The maximum atomic E-state index is 12.9. The van der Waals surface area contributed by atoms with Crippen LogP contribution in [-0.4, -0.2) is 17.6 Å². The first-order valence-electron chi connectivity index (χ1n) is 5.02. The molecule has 1 aromatic heterocycles. The van der Waals surface area contributed by atoms with Crippen molar-refractivity contribution < 1.29 is 18.3 Å². The Morgan fingerprint density at radius 3 is 2.83 bits per heavy atom. The number of ether oxygens (including phenoxy) is 1. The van der Waals surface area contributed by atoms with Gasteiger partial charge in [-0.25, -0.2) is 13.8 Å². The predicted octanol–water partition coefficient (Wildman–Crippen LogP) is 2.60. The molecule has 0 N–H and O–H groups in total. The van der Waals surface area contributed by atoms with Gasteiger partial charge in [0.15, 0.2) is 0 Å². The topological polar surface area (TPSA) is 63.0 Å². The summed E-state index contributed by atoms with van der Waals surface area (Å²) in [6, 6.07) is 2.89. The maximum Gasteiger partial charge on any atom is 0.310 e. The van der Waals surface area contributed by atoms with E-state index in [4.69, 9.17) is 5.26 Å². The molecule has 0 saturated heterocycles. The molecular weight excluding hydrogens is 357 g/mol. The number of hydrogen-bond donors (Lipinski definition) is 0. The largest absolute Gasteiger partial charge is 0.466 e. The quantitative estimate of drug-likeness (QED) is 0.467. The number of alkyl halides is 2. The van der Waals surface area contributed by atoms with Crippen LogP contribution < -0.4 is 0 Å². The lowest BCUT2D eigenvalue weighted by Crippen LogP contribution is -2.12. The van der Waals surface area contributed by atoms with Crippen LogP contribution in [0, 0.1) is 15.0 Å². The van der Waals surface area contributed by atoms with Gasteiger partial charge in [-0.15, -0.1) is 0 Å². The van der Waals surface area contributed by atoms with Crippen molar-refractivity contribution in [1.82, 2.24) is 4.98 Å². The number of pyridine rings is 1. The van der Waals surface area contributed by atoms with Gasteiger partial charge < -0.3 is 4.74 Å². The molecular formula is C11H9F2IN2O2. The van der Waals surface area contributed by atoms with E-state index in [1.54, 1.807) is 35.6 Å². The third-order valence-corrected chi connectivity index (χ3v) is 2.65. The van der Waals surface area contributed by atoms with E-state index in [0.717, 1.165) is 0 Å². The van der Waals surface area contributed by atoms with Crippen molar-refractivity contribution in [2.75, 3.05) is 6.61 Å². The molecule has 7 heteroatoms. The Labute approximate surface area is 116 Å². The van der Waals surface area contributed by atoms with Crippen LogP contribution in [0.2, 0.25) is 0 Å². The van der Waals surface area contributed by atoms with Gasteiger partial charge in [0.25, 0.3) is 6.43 Å². The first kappa shape index (κ1) is 14.8. The molecule has 1 heterocycles. The summed E-state index contributed by atoms with van der Waals surface area (Å²) in [6.45, 7) is 1.77. The summed E-state index contributed by atoms with van der Waals surface area (Å²) in [5.74, 6) is -0.654. The summed E-state index contributed by atoms with van der Waals surface area (Å²) in [5.41, 5.74) is -0.573. The Hall–Kier alpha value is -1.30. The first-order valence-corrected chi connectivity index (χ1v) is 6.10. The Kier molecular flexibility index (Phi) is 5.40. The van der Waals surface area contributed by atoms with Crippen molar-refractivity contribution in [3.05, 3.63) is 26.6 Å². The van der Waals surface area contributed by atoms with E-state index in [0.29, 0.717) is 0 Å². The monoisotopic (exact) mass is 366 g/mol. The van der Waals surface area contributed by atoms with E-state index in [2.05, 4.69) is 9.72 Å². The minimum atomic E-state index is -2.77. The smallest absolute Gasteiger partial charge is 0.310 e. The summed E-state index contributed by atoms with van der Waals surface area (Å²) in [7, 11) is 0. The molecule has 18 heavy (non-hydrogen) atoms. The zero-order chi connectivity index (χ0) is 13.7. The van der Waals surface area contributed by atoms with Gasteiger partial charge >= 0.3 is 5.97 Å². The molecule has 0 aromatic carbocycles. The third-order valence-electron chi connectivity index (χ3n) is 2.09. The van der Waals surface area contributed by atoms with Crippen LogP contribution in [0.1, 0.15) is 30.2 Å². The van der Waals surface area contributed by atoms with Gasteiger partial charge in [0, 0.05) is 11.1 Å². The molecule has 4 nitrogen and oxygen atoms in total. The lowest BCUT2D eigenvalue weighted by atomic mass is 10.0. The molecule has 0 fully saturated rings. The van der Waals surface area contributed by atoms with E-state index in [1.807, 2.05) is 0 Å². The second-order valence-electron chi connectivity index (χ2n) is 3.26. The maximum absolute atomic E-state index is 12.9. The first-order chi connectivity index (χ1) is 8.49. The number of rotatable bonds is 4. The average molecular weight is 366 g/mol. The lowest BCUT2D eigenvalue weighted by Gasteiger charge is -2.10. The van der Waals surface area contributed by atoms with Crippen LogP contribution in [0.4, 0.5) is 8.78 Å². The van der Waals surface area contributed by atoms with Crippen LogP contribution in [0.15, 0.2) is 6.07 Å². The number of hydrogen-bond acceptors (Lipinski definition) is 4. The molecule has 0 bridgehead atoms. The summed E-state index contributed by atoms with van der Waals surface area (Å²) in [4.78, 5) is 15.2. The van der Waals surface area contributed by atoms with Crippen molar-refractivity contribution in [3.63, 3.8) is 0 Å². The highest BCUT2D eigenvalue weighted by Crippen LogP contribution is 2.26. The molecule has 0 saturated carbocycles. The number of halogens is 3. The summed E-state index contributed by atoms with van der Waals surface area (Å²) >= 11 is 1.74. The second kappa shape index (κ2) is 6.58. The standard InChI is InChI=1S/C11H9F2IN2O2/c1-2-18-10(17)4-6-7(11(12)13)3-9(14)16-8(6)5-15/h3,11H,2,4H2,1H3. The van der Waals surface area contributed by atoms with Crippen LogP contribution in [0.3, 0.4) is 0 Å². The number of carbonyl (C=O) groups excluding carboxylic acids is 1. The number of nitriles is 1. The highest BCUT2D eigenvalue weighted by molar-refractivity contribution is 14.1. The van der Waals surface area contributed by atoms with Gasteiger partial charge in [0.2, 0.25) is 0 Å². The summed E-state index contributed by atoms with van der Waals surface area (Å²) < 4.78 is 30.7. The zero-order valence-corrected chi connectivity index (χ0v) is 11.6. The van der Waals surface area contributed by atoms with Gasteiger partial charge in [-0.2, -0.15) is 5.26 Å². The molecule has 0 aliphatic rings. The van der Waals surface area contributed by atoms with Crippen molar-refractivity contribution in [3.8, 4) is 6.07 Å². The minimum absolute atomic E-state index is 0.0635. The SMILES string of the molecule is CCOC(=O)Cc1c(C(F)F)cc(I)nc1C#N. The fraction of sp³-hybridized carbons (Fsp3) is 0.364. The molecule has 0 atom stereocenters. The van der Waals surface area contributed by atoms with Gasteiger partial charge in [-0.3, -0.25) is 4.79 Å². The minimum Gasteiger partial charge on any atom is -0.466 e. The fourth-order valence-corrected chi connectivity index (χ4v) is 1.96. The lowest BCUT2D eigenvalue weighted by molar-refractivity contribution is -0.142. The second-order valence-corrected chi connectivity index (χ2v) is 4.36. The average Bonchev–Trinajstić information content (AvgIpc) is 2.30. The Bertz CT molecular complexity index is 501. The normalized spacial score (nSPS) is 10.2. The molecule has 0 aliphatic heterocycles. The zero-order valence-electron chi connectivity index (χ0n) is 9.41. The van der Waals surface area contributed by atoms with Crippen molar-refractivity contribution >= 4 is 28.6 Å². The molecule has 1 aromatic rings. The van der Waals surface area contributed by atoms with Crippen molar-refractivity contribution in [2.24, 2.45) is 0 Å². The predicted molar refractivity (Wildman–Crippen MR) is 67.0 cm³/mol. The molecule has 0 amide bonds. The Morgan fingerprint density at radius 1 is 1.67 bits per heavy atom. The molecule has 96 valence electrons. The number of aromatic nitrogens is 1. The molecule has 0 unspecified atom stereocenters. The van der Waals surface area contributed by atoms with E-state index >= 15 is 0 Å². The van der Waals surface area contributed by atoms with E-state index < -0.39 is 12.4 Å². The van der Waals surface area contributed by atoms with Crippen molar-refractivity contribution in [1.29, 1.82) is 5.26 Å². The molecule has 0 radical (unpaired) electrons. The van der Waals surface area contributed by atoms with E-state index in [-0.39, 0.29) is 33.5 Å². The summed E-state index contributed by atoms with van der Waals surface area (Å²) in [5, 5.41) is 8.88. The van der Waals surface area contributed by atoms with Crippen LogP contribution in [-0.2, 0) is 16.0 Å². The van der Waals surface area contributed by atoms with Crippen LogP contribution in [0.25, 0.3) is 0 Å². The highest BCUT2D eigenvalue weighted by Gasteiger charge is 2.21. The van der Waals surface area contributed by atoms with Gasteiger partial charge in [-0.05, 0) is 35.6 Å². The van der Waals surface area contributed by atoms with Gasteiger partial charge in [0.1, 0.15) is 15.5 Å². The van der Waals surface area contributed by atoms with E-state index in [9.17, 15) is 13.6 Å². The molecule has 0 spiro atoms. The highest BCUT2D eigenvalue weighted by atomic mass is 127. The molecule has 1 rings (SSSR count). The summed E-state index contributed by atoms with van der Waals surface area (Å²) in [6.07, 6.45) is -3.14. The van der Waals surface area contributed by atoms with Crippen LogP contribution >= 0.6 is 22.6 Å². The number of esters is 1. The number of nitrogens with zero attached hydrogens (tertiary/aromatic N) is 2. The molecule has 0 aliphatic carbocycles. The van der Waals surface area contributed by atoms with Crippen LogP contribution in [0.5, 0.6) is 0 Å². The van der Waals surface area contributed by atoms with Gasteiger partial charge in [0.05, 0.1) is 13.0 Å². The van der Waals surface area contributed by atoms with Crippen molar-refractivity contribution in [2.45, 2.75) is 19.8 Å². The van der Waals surface area contributed by atoms with Gasteiger partial charge in [-0.1, -0.05) is 0 Å². The Morgan fingerprint density at radius 2 is 2.33 bits per heavy atom. The Balaban J connectivity index is 3.22. The third kappa shape index (κ3) is 3.60. The fourth-order valence-electron chi connectivity index (χ4n) is 1.39. The van der Waals surface area contributed by atoms with E-state index in [1.165, 1.54) is 6.07 Å². The number of carbonyl (C=O) groups is 1.